The molecule has 0 aliphatic rings. The number of carbonyl (C=O) groups is 1. The lowest BCUT2D eigenvalue weighted by Gasteiger charge is -2.25. The van der Waals surface area contributed by atoms with Crippen molar-refractivity contribution >= 4 is 5.97 Å². The second-order valence-corrected chi connectivity index (χ2v) is 5.03. The number of hydrogen-bond acceptors (Lipinski definition) is 5. The fraction of sp³-hybridized carbons (Fsp3) is 0.900. The summed E-state index contributed by atoms with van der Waals surface area (Å²) in [7, 11) is 0. The van der Waals surface area contributed by atoms with E-state index in [1.807, 2.05) is 5.32 Å². The highest BCUT2D eigenvalue weighted by Crippen LogP contribution is 2.21. The van der Waals surface area contributed by atoms with Crippen LogP contribution in [-0.4, -0.2) is 41.3 Å². The lowest BCUT2D eigenvalue weighted by molar-refractivity contribution is -0.491. The molecule has 0 saturated carbocycles. The minimum Gasteiger partial charge on any atom is -0.459 e. The van der Waals surface area contributed by atoms with Crippen molar-refractivity contribution in [2.45, 2.75) is 51.6 Å². The second-order valence-electron chi connectivity index (χ2n) is 5.03. The Morgan fingerprint density at radius 3 is 2.16 bits per heavy atom. The summed E-state index contributed by atoms with van der Waals surface area (Å²) in [5.74, 6) is -0.898. The first-order valence-corrected chi connectivity index (χ1v) is 5.50. The number of hydrogen-bond donors (Lipinski definition) is 1. The fourth-order valence-electron chi connectivity index (χ4n) is 1.16. The van der Waals surface area contributed by atoms with Crippen molar-refractivity contribution in [2.75, 3.05) is 6.54 Å². The number of halogens is 3. The molecule has 0 aliphatic carbocycles. The van der Waals surface area contributed by atoms with E-state index in [9.17, 15) is 28.1 Å². The Bertz CT molecular complexity index is 339. The number of alkyl halides is 3. The summed E-state index contributed by atoms with van der Waals surface area (Å²) in [6, 6.07) is -3.70. The zero-order valence-corrected chi connectivity index (χ0v) is 11.1. The van der Waals surface area contributed by atoms with Crippen molar-refractivity contribution in [3.8, 4) is 0 Å². The smallest absolute Gasteiger partial charge is 0.410 e. The van der Waals surface area contributed by atoms with Crippen LogP contribution in [0.15, 0.2) is 0 Å². The lowest BCUT2D eigenvalue weighted by Crippen LogP contribution is -2.53. The molecule has 0 spiro atoms. The molecule has 0 fully saturated rings. The largest absolute Gasteiger partial charge is 0.459 e. The average molecular weight is 286 g/mol. The van der Waals surface area contributed by atoms with E-state index < -0.39 is 41.3 Å². The standard InChI is InChI=1S/C10H17F3N2O4/c1-6(8(16)19-9(2,3)4)14-7(5-15(17)18)10(11,12)13/h6-7,14H,5H2,1-4H3/t6-,7-/m0/s1. The van der Waals surface area contributed by atoms with Gasteiger partial charge in [0.25, 0.3) is 0 Å². The van der Waals surface area contributed by atoms with Gasteiger partial charge < -0.3 is 4.74 Å². The minimum absolute atomic E-state index is 0.843. The summed E-state index contributed by atoms with van der Waals surface area (Å²) in [6.45, 7) is 4.51. The summed E-state index contributed by atoms with van der Waals surface area (Å²) in [4.78, 5) is 20.6. The van der Waals surface area contributed by atoms with Gasteiger partial charge in [-0.3, -0.25) is 20.2 Å². The molecule has 0 unspecified atom stereocenters. The third-order valence-corrected chi connectivity index (χ3v) is 1.94. The van der Waals surface area contributed by atoms with Crippen molar-refractivity contribution in [3.05, 3.63) is 10.1 Å². The summed E-state index contributed by atoms with van der Waals surface area (Å²) < 4.78 is 42.4. The van der Waals surface area contributed by atoms with Gasteiger partial charge >= 0.3 is 12.1 Å². The van der Waals surface area contributed by atoms with Crippen LogP contribution in [0.5, 0.6) is 0 Å². The van der Waals surface area contributed by atoms with Crippen LogP contribution in [0.1, 0.15) is 27.7 Å². The molecule has 0 aromatic carbocycles. The highest BCUT2D eigenvalue weighted by atomic mass is 19.4. The van der Waals surface area contributed by atoms with E-state index in [1.165, 1.54) is 0 Å². The van der Waals surface area contributed by atoms with E-state index in [0.29, 0.717) is 0 Å². The average Bonchev–Trinajstić information content (AvgIpc) is 2.11. The molecule has 0 heterocycles. The van der Waals surface area contributed by atoms with Crippen LogP contribution >= 0.6 is 0 Å². The number of ether oxygens (including phenoxy) is 1. The van der Waals surface area contributed by atoms with Gasteiger partial charge in [-0.15, -0.1) is 0 Å². The summed E-state index contributed by atoms with van der Waals surface area (Å²) in [5.41, 5.74) is -0.843. The molecule has 0 saturated heterocycles. The number of rotatable bonds is 5. The SMILES string of the molecule is C[C@H](N[C@@H](C[N+](=O)[O-])C(F)(F)F)C(=O)OC(C)(C)C. The molecule has 0 rings (SSSR count). The minimum atomic E-state index is -4.82. The van der Waals surface area contributed by atoms with E-state index in [-0.39, 0.29) is 0 Å². The van der Waals surface area contributed by atoms with Gasteiger partial charge in [0.1, 0.15) is 11.6 Å². The Morgan fingerprint density at radius 1 is 1.37 bits per heavy atom. The third-order valence-electron chi connectivity index (χ3n) is 1.94. The number of nitro groups is 1. The van der Waals surface area contributed by atoms with E-state index in [1.54, 1.807) is 20.8 Å². The summed E-state index contributed by atoms with van der Waals surface area (Å²) in [5, 5.41) is 12.1. The maximum absolute atomic E-state index is 12.5. The summed E-state index contributed by atoms with van der Waals surface area (Å²) >= 11 is 0. The molecule has 1 N–H and O–H groups in total. The molecule has 0 aliphatic heterocycles. The van der Waals surface area contributed by atoms with Gasteiger partial charge in [0, 0.05) is 4.92 Å². The fourth-order valence-corrected chi connectivity index (χ4v) is 1.16. The number of esters is 1. The Balaban J connectivity index is 4.68. The number of nitrogens with one attached hydrogen (secondary N) is 1. The molecule has 2 atom stereocenters. The van der Waals surface area contributed by atoms with Gasteiger partial charge in [-0.1, -0.05) is 0 Å². The van der Waals surface area contributed by atoms with Crippen LogP contribution in [0.2, 0.25) is 0 Å². The molecule has 0 aromatic heterocycles. The maximum atomic E-state index is 12.5. The molecule has 9 heteroatoms. The quantitative estimate of drug-likeness (QED) is 0.470. The molecule has 0 aromatic rings. The van der Waals surface area contributed by atoms with Crippen molar-refractivity contribution in [1.29, 1.82) is 0 Å². The van der Waals surface area contributed by atoms with Crippen molar-refractivity contribution in [3.63, 3.8) is 0 Å². The third kappa shape index (κ3) is 7.60. The monoisotopic (exact) mass is 286 g/mol. The first-order chi connectivity index (χ1) is 8.33. The first-order valence-electron chi connectivity index (χ1n) is 5.50. The van der Waals surface area contributed by atoms with Gasteiger partial charge in [-0.2, -0.15) is 13.2 Å². The van der Waals surface area contributed by atoms with Crippen LogP contribution in [0.4, 0.5) is 13.2 Å². The predicted molar refractivity (Wildman–Crippen MR) is 60.1 cm³/mol. The lowest BCUT2D eigenvalue weighted by atomic mass is 10.2. The van der Waals surface area contributed by atoms with Crippen LogP contribution in [0.3, 0.4) is 0 Å². The first kappa shape index (κ1) is 17.6. The molecule has 0 radical (unpaired) electrons. The number of carbonyl (C=O) groups excluding carboxylic acids is 1. The highest BCUT2D eigenvalue weighted by molar-refractivity contribution is 5.75. The van der Waals surface area contributed by atoms with Gasteiger partial charge in [0.05, 0.1) is 0 Å². The molecule has 0 bridgehead atoms. The number of nitrogens with zero attached hydrogens (tertiary/aromatic N) is 1. The van der Waals surface area contributed by atoms with Crippen molar-refractivity contribution in [2.24, 2.45) is 0 Å². The Morgan fingerprint density at radius 2 is 1.84 bits per heavy atom. The van der Waals surface area contributed by atoms with E-state index in [2.05, 4.69) is 0 Å². The topological polar surface area (TPSA) is 81.5 Å². The Kier molecular flexibility index (Phi) is 5.73. The molecule has 6 nitrogen and oxygen atoms in total. The van der Waals surface area contributed by atoms with Gasteiger partial charge in [-0.05, 0) is 27.7 Å². The van der Waals surface area contributed by atoms with Crippen LogP contribution in [0.25, 0.3) is 0 Å². The van der Waals surface area contributed by atoms with Crippen LogP contribution in [-0.2, 0) is 9.53 Å². The molecular weight excluding hydrogens is 269 g/mol. The van der Waals surface area contributed by atoms with Crippen LogP contribution < -0.4 is 5.32 Å². The normalized spacial score (nSPS) is 15.7. The zero-order valence-electron chi connectivity index (χ0n) is 11.1. The summed E-state index contributed by atoms with van der Waals surface area (Å²) in [6.07, 6.45) is -4.82. The molecular formula is C10H17F3N2O4. The Hall–Kier alpha value is -1.38. The van der Waals surface area contributed by atoms with E-state index in [0.717, 1.165) is 6.92 Å². The van der Waals surface area contributed by atoms with Gasteiger partial charge in [0.2, 0.25) is 6.54 Å². The van der Waals surface area contributed by atoms with Gasteiger partial charge in [0.15, 0.2) is 6.04 Å². The molecule has 112 valence electrons. The van der Waals surface area contributed by atoms with E-state index in [4.69, 9.17) is 4.74 Å². The second kappa shape index (κ2) is 6.18. The van der Waals surface area contributed by atoms with Crippen LogP contribution in [0, 0.1) is 10.1 Å². The molecule has 0 amide bonds. The van der Waals surface area contributed by atoms with Crippen molar-refractivity contribution in [1.82, 2.24) is 5.32 Å². The predicted octanol–water partition coefficient (Wildman–Crippen LogP) is 1.51. The van der Waals surface area contributed by atoms with E-state index >= 15 is 0 Å². The van der Waals surface area contributed by atoms with Crippen molar-refractivity contribution < 1.29 is 27.6 Å². The highest BCUT2D eigenvalue weighted by Gasteiger charge is 2.44. The molecule has 19 heavy (non-hydrogen) atoms. The Labute approximate surface area is 108 Å². The maximum Gasteiger partial charge on any atom is 0.410 e. The zero-order chi connectivity index (χ0) is 15.4. The van der Waals surface area contributed by atoms with Gasteiger partial charge in [-0.25, -0.2) is 0 Å².